The fraction of sp³-hybridized carbons (Fsp3) is 0.714. The van der Waals surface area contributed by atoms with Crippen LogP contribution in [0.3, 0.4) is 0 Å². The molecule has 0 unspecified atom stereocenters. The summed E-state index contributed by atoms with van der Waals surface area (Å²) >= 11 is 0. The van der Waals surface area contributed by atoms with E-state index >= 15 is 0 Å². The summed E-state index contributed by atoms with van der Waals surface area (Å²) in [5, 5.41) is 4.14. The molecule has 0 aliphatic carbocycles. The predicted molar refractivity (Wildman–Crippen MR) is 45.0 cm³/mol. The number of nitrogens with two attached hydrogens (primary N) is 2. The van der Waals surface area contributed by atoms with Gasteiger partial charge >= 0.3 is 0 Å². The lowest BCUT2D eigenvalue weighted by atomic mass is 10.4. The van der Waals surface area contributed by atoms with Gasteiger partial charge in [-0.25, -0.2) is 5.01 Å². The zero-order valence-electron chi connectivity index (χ0n) is 7.17. The van der Waals surface area contributed by atoms with Crippen LogP contribution < -0.4 is 11.5 Å². The summed E-state index contributed by atoms with van der Waals surface area (Å²) < 4.78 is 0. The summed E-state index contributed by atoms with van der Waals surface area (Å²) in [6, 6.07) is 0. The molecule has 1 aliphatic heterocycles. The third-order valence-electron chi connectivity index (χ3n) is 1.97. The Labute approximate surface area is 67.4 Å². The van der Waals surface area contributed by atoms with Gasteiger partial charge < -0.3 is 11.5 Å². The average molecular weight is 156 g/mol. The van der Waals surface area contributed by atoms with Crippen LogP contribution in [0, 0.1) is 0 Å². The molecular weight excluding hydrogens is 140 g/mol. The highest BCUT2D eigenvalue weighted by Gasteiger charge is 2.23. The van der Waals surface area contributed by atoms with E-state index in [0.717, 1.165) is 25.3 Å². The maximum atomic E-state index is 5.74. The van der Waals surface area contributed by atoms with E-state index in [1.54, 1.807) is 0 Å². The first-order chi connectivity index (χ1) is 5.20. The average Bonchev–Trinajstić information content (AvgIpc) is 2.28. The van der Waals surface area contributed by atoms with Gasteiger partial charge in [0.25, 0.3) is 0 Å². The van der Waals surface area contributed by atoms with Gasteiger partial charge in [0.2, 0.25) is 0 Å². The van der Waals surface area contributed by atoms with Crippen molar-refractivity contribution in [3.63, 3.8) is 0 Å². The molecule has 0 atom stereocenters. The third-order valence-corrected chi connectivity index (χ3v) is 1.97. The van der Waals surface area contributed by atoms with Crippen molar-refractivity contribution in [3.05, 3.63) is 11.5 Å². The SMILES string of the molecule is CCN1CC(N)=C(N)N1CC. The molecule has 0 saturated heterocycles. The molecule has 11 heavy (non-hydrogen) atoms. The standard InChI is InChI=1S/C7H16N4/c1-3-10-5-6(8)7(9)11(10)4-2/h3-5,8-9H2,1-2H3. The Morgan fingerprint density at radius 1 is 1.27 bits per heavy atom. The van der Waals surface area contributed by atoms with Gasteiger partial charge in [0.1, 0.15) is 5.82 Å². The highest BCUT2D eigenvalue weighted by atomic mass is 15.7. The molecule has 1 heterocycles. The highest BCUT2D eigenvalue weighted by molar-refractivity contribution is 5.12. The van der Waals surface area contributed by atoms with Crippen LogP contribution in [0.15, 0.2) is 11.5 Å². The van der Waals surface area contributed by atoms with E-state index < -0.39 is 0 Å². The van der Waals surface area contributed by atoms with Crippen LogP contribution in [0.4, 0.5) is 0 Å². The minimum Gasteiger partial charge on any atom is -0.398 e. The van der Waals surface area contributed by atoms with E-state index in [9.17, 15) is 0 Å². The minimum absolute atomic E-state index is 0.717. The number of nitrogens with zero attached hydrogens (tertiary/aromatic N) is 2. The van der Waals surface area contributed by atoms with Crippen molar-refractivity contribution < 1.29 is 0 Å². The number of hydrazine groups is 1. The van der Waals surface area contributed by atoms with Crippen molar-refractivity contribution in [1.29, 1.82) is 0 Å². The van der Waals surface area contributed by atoms with Crippen molar-refractivity contribution in [2.24, 2.45) is 11.5 Å². The maximum Gasteiger partial charge on any atom is 0.134 e. The molecule has 4 nitrogen and oxygen atoms in total. The summed E-state index contributed by atoms with van der Waals surface area (Å²) in [5.74, 6) is 0.717. The second kappa shape index (κ2) is 3.00. The minimum atomic E-state index is 0.717. The Balaban J connectivity index is 2.70. The Bertz CT molecular complexity index is 175. The molecule has 64 valence electrons. The van der Waals surface area contributed by atoms with Crippen LogP contribution in [-0.4, -0.2) is 29.7 Å². The van der Waals surface area contributed by atoms with Crippen LogP contribution >= 0.6 is 0 Å². The van der Waals surface area contributed by atoms with Crippen LogP contribution in [0.2, 0.25) is 0 Å². The van der Waals surface area contributed by atoms with Gasteiger partial charge in [-0.15, -0.1) is 0 Å². The Kier molecular flexibility index (Phi) is 2.24. The normalized spacial score (nSPS) is 20.0. The molecule has 0 radical (unpaired) electrons. The Morgan fingerprint density at radius 3 is 2.27 bits per heavy atom. The van der Waals surface area contributed by atoms with E-state index in [0.29, 0.717) is 5.82 Å². The van der Waals surface area contributed by atoms with Crippen molar-refractivity contribution >= 4 is 0 Å². The summed E-state index contributed by atoms with van der Waals surface area (Å²) in [4.78, 5) is 0. The molecule has 0 fully saturated rings. The van der Waals surface area contributed by atoms with Gasteiger partial charge in [0.05, 0.1) is 12.2 Å². The topological polar surface area (TPSA) is 58.5 Å². The van der Waals surface area contributed by atoms with Crippen molar-refractivity contribution in [3.8, 4) is 0 Å². The number of hydrogen-bond acceptors (Lipinski definition) is 4. The van der Waals surface area contributed by atoms with E-state index in [2.05, 4.69) is 18.9 Å². The molecular formula is C7H16N4. The largest absolute Gasteiger partial charge is 0.398 e. The van der Waals surface area contributed by atoms with E-state index in [4.69, 9.17) is 11.5 Å². The molecule has 4 heteroatoms. The Hall–Kier alpha value is -0.900. The highest BCUT2D eigenvalue weighted by Crippen LogP contribution is 2.14. The van der Waals surface area contributed by atoms with Crippen LogP contribution in [-0.2, 0) is 0 Å². The lowest BCUT2D eigenvalue weighted by Crippen LogP contribution is -2.38. The zero-order chi connectivity index (χ0) is 8.43. The predicted octanol–water partition coefficient (Wildman–Crippen LogP) is -0.355. The molecule has 0 aromatic heterocycles. The maximum absolute atomic E-state index is 5.74. The summed E-state index contributed by atoms with van der Waals surface area (Å²) in [5.41, 5.74) is 12.2. The fourth-order valence-corrected chi connectivity index (χ4v) is 1.33. The third kappa shape index (κ3) is 1.26. The van der Waals surface area contributed by atoms with Gasteiger partial charge in [-0.05, 0) is 6.92 Å². The van der Waals surface area contributed by atoms with Crippen LogP contribution in [0.25, 0.3) is 0 Å². The number of rotatable bonds is 2. The van der Waals surface area contributed by atoms with Gasteiger partial charge in [-0.2, -0.15) is 0 Å². The number of hydrogen-bond donors (Lipinski definition) is 2. The fourth-order valence-electron chi connectivity index (χ4n) is 1.33. The van der Waals surface area contributed by atoms with E-state index in [1.807, 2.05) is 5.01 Å². The molecule has 0 saturated carbocycles. The summed E-state index contributed by atoms with van der Waals surface area (Å²) in [7, 11) is 0. The van der Waals surface area contributed by atoms with Gasteiger partial charge in [-0.3, -0.25) is 5.01 Å². The van der Waals surface area contributed by atoms with Crippen LogP contribution in [0.5, 0.6) is 0 Å². The first kappa shape index (κ1) is 8.20. The summed E-state index contributed by atoms with van der Waals surface area (Å²) in [6.07, 6.45) is 0. The van der Waals surface area contributed by atoms with Crippen molar-refractivity contribution in [1.82, 2.24) is 10.0 Å². The smallest absolute Gasteiger partial charge is 0.134 e. The molecule has 0 amide bonds. The van der Waals surface area contributed by atoms with E-state index in [1.165, 1.54) is 0 Å². The quantitative estimate of drug-likeness (QED) is 0.573. The van der Waals surface area contributed by atoms with E-state index in [-0.39, 0.29) is 0 Å². The second-order valence-corrected chi connectivity index (χ2v) is 2.61. The van der Waals surface area contributed by atoms with Crippen molar-refractivity contribution in [2.75, 3.05) is 19.6 Å². The molecule has 1 rings (SSSR count). The summed E-state index contributed by atoms with van der Waals surface area (Å²) in [6.45, 7) is 6.77. The first-order valence-electron chi connectivity index (χ1n) is 3.97. The number of likely N-dealkylation sites (N-methyl/N-ethyl adjacent to an activating group) is 1. The lowest BCUT2D eigenvalue weighted by molar-refractivity contribution is 0.0496. The molecule has 0 aromatic carbocycles. The first-order valence-corrected chi connectivity index (χ1v) is 3.97. The van der Waals surface area contributed by atoms with Gasteiger partial charge in [0.15, 0.2) is 0 Å². The molecule has 0 aromatic rings. The van der Waals surface area contributed by atoms with Crippen LogP contribution in [0.1, 0.15) is 13.8 Å². The zero-order valence-corrected chi connectivity index (χ0v) is 7.17. The molecule has 1 aliphatic rings. The lowest BCUT2D eigenvalue weighted by Gasteiger charge is -2.27. The Morgan fingerprint density at radius 2 is 1.91 bits per heavy atom. The second-order valence-electron chi connectivity index (χ2n) is 2.61. The molecule has 0 bridgehead atoms. The molecule has 0 spiro atoms. The van der Waals surface area contributed by atoms with Gasteiger partial charge in [-0.1, -0.05) is 6.92 Å². The van der Waals surface area contributed by atoms with Crippen molar-refractivity contribution in [2.45, 2.75) is 13.8 Å². The van der Waals surface area contributed by atoms with Gasteiger partial charge in [0, 0.05) is 13.1 Å². The monoisotopic (exact) mass is 156 g/mol. The molecule has 4 N–H and O–H groups in total.